The van der Waals surface area contributed by atoms with Crippen molar-refractivity contribution >= 4 is 75.4 Å². The SMILES string of the molecule is [2H]c1c([2H])c([2H])c2c(-c3cccc4c3ccc3c(-c5ccc(-c6c7ccccc7c(-c7ccc(C(C)(C)C)cc7)c7ccccc67)cc5)c5ccccc5cc34)c3c([2H])c([2H])c([2H])c([2H])c3c(-c3cc(-c4ccccc4)cc(-c4ccccc4)c3)c2c1[2H]. The van der Waals surface area contributed by atoms with Crippen LogP contribution in [0, 0.1) is 0 Å². The minimum atomic E-state index is -0.444. The van der Waals surface area contributed by atoms with Crippen LogP contribution in [0.5, 0.6) is 0 Å². The van der Waals surface area contributed by atoms with Gasteiger partial charge in [0.15, 0.2) is 0 Å². The first-order chi connectivity index (χ1) is 42.7. The van der Waals surface area contributed by atoms with Crippen LogP contribution >= 0.6 is 0 Å². The number of fused-ring (bicyclic) bond motifs is 8. The molecule has 0 N–H and O–H groups in total. The van der Waals surface area contributed by atoms with Crippen molar-refractivity contribution in [3.8, 4) is 77.9 Å². The van der Waals surface area contributed by atoms with E-state index < -0.39 is 24.2 Å². The van der Waals surface area contributed by atoms with Crippen LogP contribution in [0.1, 0.15) is 37.3 Å². The third kappa shape index (κ3) is 7.82. The monoisotopic (exact) mass is 1020 g/mol. The zero-order valence-electron chi connectivity index (χ0n) is 52.5. The molecule has 0 atom stereocenters. The van der Waals surface area contributed by atoms with Gasteiger partial charge in [-0.15, -0.1) is 0 Å². The van der Waals surface area contributed by atoms with Crippen molar-refractivity contribution < 1.29 is 11.0 Å². The van der Waals surface area contributed by atoms with E-state index in [-0.39, 0.29) is 51.1 Å². The van der Waals surface area contributed by atoms with Crippen LogP contribution in [0.15, 0.2) is 285 Å². The molecule has 0 saturated heterocycles. The predicted octanol–water partition coefficient (Wildman–Crippen LogP) is 22.7. The zero-order valence-corrected chi connectivity index (χ0v) is 44.5. The van der Waals surface area contributed by atoms with Gasteiger partial charge in [-0.3, -0.25) is 0 Å². The van der Waals surface area contributed by atoms with E-state index >= 15 is 0 Å². The van der Waals surface area contributed by atoms with Crippen LogP contribution in [0.4, 0.5) is 0 Å². The Morgan fingerprint density at radius 3 is 1.11 bits per heavy atom. The lowest BCUT2D eigenvalue weighted by Crippen LogP contribution is -2.10. The maximum absolute atomic E-state index is 9.91. The molecule has 0 aromatic heterocycles. The second kappa shape index (κ2) is 18.9. The Morgan fingerprint density at radius 1 is 0.237 bits per heavy atom. The molecule has 0 bridgehead atoms. The van der Waals surface area contributed by atoms with E-state index in [1.165, 1.54) is 43.8 Å². The van der Waals surface area contributed by atoms with Crippen LogP contribution in [-0.4, -0.2) is 0 Å². The van der Waals surface area contributed by atoms with Crippen molar-refractivity contribution in [2.45, 2.75) is 26.2 Å². The molecule has 0 nitrogen and oxygen atoms in total. The fourth-order valence-corrected chi connectivity index (χ4v) is 12.7. The van der Waals surface area contributed by atoms with Crippen LogP contribution < -0.4 is 0 Å². The largest absolute Gasteiger partial charge is 0.0629 e. The fraction of sp³-hybridized carbons (Fsp3) is 0.0500. The van der Waals surface area contributed by atoms with Gasteiger partial charge in [0, 0.05) is 0 Å². The summed E-state index contributed by atoms with van der Waals surface area (Å²) in [6.07, 6.45) is 0. The summed E-state index contributed by atoms with van der Waals surface area (Å²) in [5.74, 6) is 0. The summed E-state index contributed by atoms with van der Waals surface area (Å²) in [4.78, 5) is 0. The first-order valence-electron chi connectivity index (χ1n) is 31.4. The van der Waals surface area contributed by atoms with Gasteiger partial charge in [0.05, 0.1) is 11.0 Å². The lowest BCUT2D eigenvalue weighted by molar-refractivity contribution is 0.590. The van der Waals surface area contributed by atoms with E-state index in [4.69, 9.17) is 0 Å². The zero-order chi connectivity index (χ0) is 60.4. The standard InChI is InChI=1S/C80H56/c1-80(2,3)60-43-41-55(42-44-60)77-67-29-14-12-27-65(67)76(66-28-13-15-30-68(66)77)54-39-37-53(38-40-54)75-61-26-11-10-25-56(61)50-74-62-35-20-36-64(63(62)45-46-73(74)75)79-71-33-18-16-31-69(71)78(70-32-17-19-34-72(70)79)59-48-57(51-21-6-4-7-22-51)47-58(49-59)52-23-8-5-9-24-52/h4-50H,1-3H3/i16D,17D,18D,19D,31D,32D,33D,34D. The van der Waals surface area contributed by atoms with E-state index in [9.17, 15) is 11.0 Å². The van der Waals surface area contributed by atoms with Gasteiger partial charge in [0.25, 0.3) is 0 Å². The summed E-state index contributed by atoms with van der Waals surface area (Å²) in [6.45, 7) is 6.75. The maximum atomic E-state index is 9.91. The Labute approximate surface area is 478 Å². The lowest BCUT2D eigenvalue weighted by atomic mass is 9.82. The van der Waals surface area contributed by atoms with E-state index in [1.54, 1.807) is 0 Å². The number of rotatable bonds is 7. The molecule has 0 unspecified atom stereocenters. The van der Waals surface area contributed by atoms with Gasteiger partial charge in [-0.05, 0) is 189 Å². The van der Waals surface area contributed by atoms with Crippen molar-refractivity contribution in [2.75, 3.05) is 0 Å². The van der Waals surface area contributed by atoms with Gasteiger partial charge < -0.3 is 0 Å². The molecule has 80 heavy (non-hydrogen) atoms. The van der Waals surface area contributed by atoms with Gasteiger partial charge in [-0.2, -0.15) is 0 Å². The molecule has 0 aliphatic heterocycles. The maximum Gasteiger partial charge on any atom is 0.0629 e. The van der Waals surface area contributed by atoms with Crippen LogP contribution in [0.2, 0.25) is 0 Å². The molecule has 15 aromatic rings. The van der Waals surface area contributed by atoms with Gasteiger partial charge in [0.2, 0.25) is 0 Å². The summed E-state index contributed by atoms with van der Waals surface area (Å²) in [6, 6.07) is 79.1. The number of hydrogen-bond acceptors (Lipinski definition) is 0. The quantitative estimate of drug-likeness (QED) is 0.110. The molecule has 0 amide bonds. The Kier molecular flexibility index (Phi) is 9.35. The Bertz CT molecular complexity index is 5220. The summed E-state index contributed by atoms with van der Waals surface area (Å²) in [5, 5.41) is 11.1. The Morgan fingerprint density at radius 2 is 0.613 bits per heavy atom. The third-order valence-corrected chi connectivity index (χ3v) is 16.4. The minimum absolute atomic E-state index is 0.0372. The van der Waals surface area contributed by atoms with Gasteiger partial charge in [-0.25, -0.2) is 0 Å². The van der Waals surface area contributed by atoms with Crippen LogP contribution in [0.3, 0.4) is 0 Å². The summed E-state index contributed by atoms with van der Waals surface area (Å²) < 4.78 is 76.6. The first kappa shape index (κ1) is 39.5. The smallest absolute Gasteiger partial charge is 0.0622 e. The van der Waals surface area contributed by atoms with Crippen LogP contribution in [0.25, 0.3) is 153 Å². The topological polar surface area (TPSA) is 0 Å². The van der Waals surface area contributed by atoms with Crippen molar-refractivity contribution in [2.24, 2.45) is 0 Å². The predicted molar refractivity (Wildman–Crippen MR) is 346 cm³/mol. The second-order valence-electron chi connectivity index (χ2n) is 22.1. The van der Waals surface area contributed by atoms with Crippen molar-refractivity contribution in [3.05, 3.63) is 290 Å². The average Bonchev–Trinajstić information content (AvgIpc) is 0.744. The van der Waals surface area contributed by atoms with Gasteiger partial charge >= 0.3 is 0 Å². The van der Waals surface area contributed by atoms with Crippen LogP contribution in [-0.2, 0) is 5.41 Å². The molecular formula is C80H56. The molecule has 376 valence electrons. The van der Waals surface area contributed by atoms with Crippen molar-refractivity contribution in [3.63, 3.8) is 0 Å². The normalized spacial score (nSPS) is 13.3. The second-order valence-corrected chi connectivity index (χ2v) is 22.1. The molecular weight excluding hydrogens is 961 g/mol. The van der Waals surface area contributed by atoms with E-state index in [2.05, 4.69) is 172 Å². The molecule has 0 heteroatoms. The van der Waals surface area contributed by atoms with Gasteiger partial charge in [-0.1, -0.05) is 281 Å². The lowest BCUT2D eigenvalue weighted by Gasteiger charge is -2.21. The Balaban J connectivity index is 0.963. The molecule has 15 aromatic carbocycles. The molecule has 0 fully saturated rings. The molecule has 0 heterocycles. The first-order valence-corrected chi connectivity index (χ1v) is 27.4. The molecule has 0 radical (unpaired) electrons. The molecule has 15 rings (SSSR count). The highest BCUT2D eigenvalue weighted by molar-refractivity contribution is 6.27. The number of benzene rings is 15. The third-order valence-electron chi connectivity index (χ3n) is 16.4. The number of hydrogen-bond donors (Lipinski definition) is 0. The van der Waals surface area contributed by atoms with E-state index in [1.807, 2.05) is 84.9 Å². The van der Waals surface area contributed by atoms with E-state index in [0.29, 0.717) is 22.3 Å². The van der Waals surface area contributed by atoms with Crippen molar-refractivity contribution in [1.82, 2.24) is 0 Å². The summed E-state index contributed by atoms with van der Waals surface area (Å²) in [7, 11) is 0. The summed E-state index contributed by atoms with van der Waals surface area (Å²) in [5.41, 5.74) is 13.3. The van der Waals surface area contributed by atoms with Crippen molar-refractivity contribution in [1.29, 1.82) is 0 Å². The summed E-state index contributed by atoms with van der Waals surface area (Å²) >= 11 is 0. The highest BCUT2D eigenvalue weighted by atomic mass is 14.3. The molecule has 0 aliphatic carbocycles. The van der Waals surface area contributed by atoms with Gasteiger partial charge in [0.1, 0.15) is 0 Å². The highest BCUT2D eigenvalue weighted by Crippen LogP contribution is 2.50. The van der Waals surface area contributed by atoms with E-state index in [0.717, 1.165) is 71.3 Å². The molecule has 0 spiro atoms. The Hall–Kier alpha value is -9.88. The minimum Gasteiger partial charge on any atom is -0.0622 e. The fourth-order valence-electron chi connectivity index (χ4n) is 12.7. The average molecular weight is 1030 g/mol. The molecule has 0 aliphatic rings. The molecule has 0 saturated carbocycles. The highest BCUT2D eigenvalue weighted by Gasteiger charge is 2.23.